The van der Waals surface area contributed by atoms with Crippen molar-refractivity contribution in [1.29, 1.82) is 0 Å². The van der Waals surface area contributed by atoms with Crippen LogP contribution in [0.4, 0.5) is 0 Å². The van der Waals surface area contributed by atoms with Gasteiger partial charge in [-0.3, -0.25) is 0 Å². The van der Waals surface area contributed by atoms with Crippen molar-refractivity contribution >= 4 is 27.4 Å². The summed E-state index contributed by atoms with van der Waals surface area (Å²) in [6.07, 6.45) is 0.122. The summed E-state index contributed by atoms with van der Waals surface area (Å²) in [7, 11) is 0. The van der Waals surface area contributed by atoms with Crippen LogP contribution >= 0.6 is 11.3 Å². The maximum Gasteiger partial charge on any atom is 0.345 e. The first kappa shape index (κ1) is 11.0. The van der Waals surface area contributed by atoms with Crippen molar-refractivity contribution in [2.75, 3.05) is 0 Å². The summed E-state index contributed by atoms with van der Waals surface area (Å²) < 4.78 is 6.49. The van der Waals surface area contributed by atoms with Gasteiger partial charge >= 0.3 is 5.97 Å². The van der Waals surface area contributed by atoms with Crippen LogP contribution in [0.25, 0.3) is 10.1 Å². The molecule has 84 valence electrons. The van der Waals surface area contributed by atoms with Gasteiger partial charge in [-0.15, -0.1) is 11.3 Å². The molecule has 0 unspecified atom stereocenters. The van der Waals surface area contributed by atoms with E-state index in [4.69, 9.17) is 9.84 Å². The van der Waals surface area contributed by atoms with Crippen molar-refractivity contribution in [3.8, 4) is 5.75 Å². The number of aromatic carboxylic acids is 1. The van der Waals surface area contributed by atoms with Crippen LogP contribution in [0.2, 0.25) is 0 Å². The van der Waals surface area contributed by atoms with Crippen LogP contribution in [0.3, 0.4) is 0 Å². The number of rotatable bonds is 3. The molecule has 2 rings (SSSR count). The third-order valence-electron chi connectivity index (χ3n) is 2.07. The lowest BCUT2D eigenvalue weighted by atomic mass is 10.2. The molecule has 4 heteroatoms. The Morgan fingerprint density at radius 3 is 2.75 bits per heavy atom. The quantitative estimate of drug-likeness (QED) is 0.888. The maximum absolute atomic E-state index is 10.8. The molecule has 0 amide bonds. The standard InChI is InChI=1S/C12H12O3S/c1-7(2)15-9-4-3-8-5-11(12(13)14)16-10(8)6-9/h3-7H,1-2H3,(H,13,14). The van der Waals surface area contributed by atoms with Crippen LogP contribution in [-0.2, 0) is 0 Å². The zero-order chi connectivity index (χ0) is 11.7. The van der Waals surface area contributed by atoms with E-state index in [9.17, 15) is 4.79 Å². The number of thiophene rings is 1. The van der Waals surface area contributed by atoms with Gasteiger partial charge in [0.05, 0.1) is 6.10 Å². The SMILES string of the molecule is CC(C)Oc1ccc2cc(C(=O)O)sc2c1. The highest BCUT2D eigenvalue weighted by atomic mass is 32.1. The zero-order valence-electron chi connectivity index (χ0n) is 9.06. The minimum absolute atomic E-state index is 0.122. The van der Waals surface area contributed by atoms with E-state index in [0.717, 1.165) is 15.8 Å². The molecule has 0 saturated heterocycles. The first-order valence-corrected chi connectivity index (χ1v) is 5.81. The highest BCUT2D eigenvalue weighted by Crippen LogP contribution is 2.29. The number of carboxylic acids is 1. The molecular weight excluding hydrogens is 224 g/mol. The molecule has 0 aliphatic rings. The fraction of sp³-hybridized carbons (Fsp3) is 0.250. The molecule has 1 aromatic carbocycles. The van der Waals surface area contributed by atoms with Gasteiger partial charge in [0.25, 0.3) is 0 Å². The number of fused-ring (bicyclic) bond motifs is 1. The summed E-state index contributed by atoms with van der Waals surface area (Å²) in [6.45, 7) is 3.92. The summed E-state index contributed by atoms with van der Waals surface area (Å²) in [5.41, 5.74) is 0. The number of carboxylic acid groups (broad SMARTS) is 1. The maximum atomic E-state index is 10.8. The van der Waals surface area contributed by atoms with Gasteiger partial charge in [0, 0.05) is 4.70 Å². The normalized spacial score (nSPS) is 10.9. The average Bonchev–Trinajstić information content (AvgIpc) is 2.59. The van der Waals surface area contributed by atoms with Crippen molar-refractivity contribution in [2.45, 2.75) is 20.0 Å². The minimum atomic E-state index is -0.882. The molecule has 0 spiro atoms. The molecule has 1 N–H and O–H groups in total. The van der Waals surface area contributed by atoms with Gasteiger partial charge in [0.1, 0.15) is 10.6 Å². The van der Waals surface area contributed by atoms with E-state index in [1.807, 2.05) is 32.0 Å². The monoisotopic (exact) mass is 236 g/mol. The van der Waals surface area contributed by atoms with Gasteiger partial charge in [0.15, 0.2) is 0 Å². The second-order valence-corrected chi connectivity index (χ2v) is 4.87. The molecule has 16 heavy (non-hydrogen) atoms. The molecule has 1 aromatic heterocycles. The molecule has 0 radical (unpaired) electrons. The third kappa shape index (κ3) is 2.17. The van der Waals surface area contributed by atoms with Gasteiger partial charge < -0.3 is 9.84 Å². The number of hydrogen-bond acceptors (Lipinski definition) is 3. The van der Waals surface area contributed by atoms with Gasteiger partial charge in [0.2, 0.25) is 0 Å². The molecule has 0 aliphatic carbocycles. The van der Waals surface area contributed by atoms with E-state index < -0.39 is 5.97 Å². The number of hydrogen-bond donors (Lipinski definition) is 1. The summed E-state index contributed by atoms with van der Waals surface area (Å²) in [6, 6.07) is 7.31. The molecular formula is C12H12O3S. The molecule has 0 fully saturated rings. The van der Waals surface area contributed by atoms with Gasteiger partial charge in [-0.25, -0.2) is 4.79 Å². The van der Waals surface area contributed by atoms with Crippen molar-refractivity contribution in [1.82, 2.24) is 0 Å². The second-order valence-electron chi connectivity index (χ2n) is 3.78. The van der Waals surface area contributed by atoms with E-state index in [1.54, 1.807) is 6.07 Å². The molecule has 3 nitrogen and oxygen atoms in total. The Balaban J connectivity index is 2.41. The Hall–Kier alpha value is -1.55. The predicted molar refractivity (Wildman–Crippen MR) is 64.5 cm³/mol. The Kier molecular flexibility index (Phi) is 2.83. The zero-order valence-corrected chi connectivity index (χ0v) is 9.88. The van der Waals surface area contributed by atoms with Crippen LogP contribution < -0.4 is 4.74 Å². The molecule has 0 bridgehead atoms. The fourth-order valence-corrected chi connectivity index (χ4v) is 2.39. The van der Waals surface area contributed by atoms with Gasteiger partial charge in [-0.2, -0.15) is 0 Å². The smallest absolute Gasteiger partial charge is 0.345 e. The highest BCUT2D eigenvalue weighted by Gasteiger charge is 2.09. The Morgan fingerprint density at radius 1 is 1.38 bits per heavy atom. The van der Waals surface area contributed by atoms with E-state index in [1.165, 1.54) is 11.3 Å². The fourth-order valence-electron chi connectivity index (χ4n) is 1.46. The summed E-state index contributed by atoms with van der Waals surface area (Å²) in [5, 5.41) is 9.82. The topological polar surface area (TPSA) is 46.5 Å². The lowest BCUT2D eigenvalue weighted by Gasteiger charge is -2.08. The number of ether oxygens (including phenoxy) is 1. The largest absolute Gasteiger partial charge is 0.491 e. The summed E-state index contributed by atoms with van der Waals surface area (Å²) >= 11 is 1.27. The predicted octanol–water partition coefficient (Wildman–Crippen LogP) is 3.39. The van der Waals surface area contributed by atoms with E-state index in [2.05, 4.69) is 0 Å². The second kappa shape index (κ2) is 4.14. The van der Waals surface area contributed by atoms with Crippen LogP contribution in [0.1, 0.15) is 23.5 Å². The summed E-state index contributed by atoms with van der Waals surface area (Å²) in [4.78, 5) is 11.2. The Bertz CT molecular complexity index is 528. The lowest BCUT2D eigenvalue weighted by molar-refractivity contribution is 0.0702. The summed E-state index contributed by atoms with van der Waals surface area (Å²) in [5.74, 6) is -0.103. The van der Waals surface area contributed by atoms with E-state index >= 15 is 0 Å². The van der Waals surface area contributed by atoms with Crippen molar-refractivity contribution in [3.05, 3.63) is 29.1 Å². The van der Waals surface area contributed by atoms with E-state index in [-0.39, 0.29) is 6.10 Å². The highest BCUT2D eigenvalue weighted by molar-refractivity contribution is 7.20. The van der Waals surface area contributed by atoms with Crippen LogP contribution in [0, 0.1) is 0 Å². The third-order valence-corrected chi connectivity index (χ3v) is 3.16. The Labute approximate surface area is 97.3 Å². The van der Waals surface area contributed by atoms with Crippen molar-refractivity contribution in [3.63, 3.8) is 0 Å². The van der Waals surface area contributed by atoms with Crippen LogP contribution in [-0.4, -0.2) is 17.2 Å². The number of benzene rings is 1. The molecule has 1 heterocycles. The molecule has 0 saturated carbocycles. The first-order valence-electron chi connectivity index (χ1n) is 5.00. The molecule has 0 atom stereocenters. The average molecular weight is 236 g/mol. The molecule has 0 aliphatic heterocycles. The van der Waals surface area contributed by atoms with E-state index in [0.29, 0.717) is 4.88 Å². The van der Waals surface area contributed by atoms with Crippen molar-refractivity contribution in [2.24, 2.45) is 0 Å². The van der Waals surface area contributed by atoms with Crippen LogP contribution in [0.15, 0.2) is 24.3 Å². The Morgan fingerprint density at radius 2 is 2.12 bits per heavy atom. The molecule has 2 aromatic rings. The van der Waals surface area contributed by atoms with Gasteiger partial charge in [-0.1, -0.05) is 0 Å². The van der Waals surface area contributed by atoms with Gasteiger partial charge in [-0.05, 0) is 43.5 Å². The van der Waals surface area contributed by atoms with Crippen LogP contribution in [0.5, 0.6) is 5.75 Å². The number of carbonyl (C=O) groups is 1. The minimum Gasteiger partial charge on any atom is -0.491 e. The van der Waals surface area contributed by atoms with Crippen molar-refractivity contribution < 1.29 is 14.6 Å². The lowest BCUT2D eigenvalue weighted by Crippen LogP contribution is -2.04. The first-order chi connectivity index (χ1) is 7.56.